The lowest BCUT2D eigenvalue weighted by Crippen LogP contribution is -2.42. The summed E-state index contributed by atoms with van der Waals surface area (Å²) in [5.74, 6) is 0.0699. The fourth-order valence-corrected chi connectivity index (χ4v) is 2.27. The SMILES string of the molecule is Cc1ccc(C)c(OCC(=O)NCCNC(=O)CNC(=O)OC(C)(C)C)c1C. The van der Waals surface area contributed by atoms with E-state index >= 15 is 0 Å². The van der Waals surface area contributed by atoms with Crippen molar-refractivity contribution >= 4 is 17.9 Å². The van der Waals surface area contributed by atoms with Crippen LogP contribution in [-0.2, 0) is 14.3 Å². The first-order valence-electron chi connectivity index (χ1n) is 9.19. The topological polar surface area (TPSA) is 106 Å². The predicted molar refractivity (Wildman–Crippen MR) is 106 cm³/mol. The smallest absolute Gasteiger partial charge is 0.408 e. The molecule has 0 aromatic heterocycles. The van der Waals surface area contributed by atoms with E-state index in [9.17, 15) is 14.4 Å². The number of nitrogens with one attached hydrogen (secondary N) is 3. The fraction of sp³-hybridized carbons (Fsp3) is 0.550. The highest BCUT2D eigenvalue weighted by Gasteiger charge is 2.16. The van der Waals surface area contributed by atoms with Crippen molar-refractivity contribution in [1.82, 2.24) is 16.0 Å². The van der Waals surface area contributed by atoms with Crippen LogP contribution in [0.4, 0.5) is 4.79 Å². The molecule has 0 aliphatic rings. The van der Waals surface area contributed by atoms with Crippen LogP contribution in [0.15, 0.2) is 12.1 Å². The van der Waals surface area contributed by atoms with Crippen LogP contribution in [0.1, 0.15) is 37.5 Å². The number of aryl methyl sites for hydroxylation is 2. The van der Waals surface area contributed by atoms with Gasteiger partial charge in [0.2, 0.25) is 5.91 Å². The average molecular weight is 393 g/mol. The van der Waals surface area contributed by atoms with Gasteiger partial charge in [-0.3, -0.25) is 9.59 Å². The lowest BCUT2D eigenvalue weighted by atomic mass is 10.1. The molecule has 3 N–H and O–H groups in total. The standard InChI is InChI=1S/C20H31N3O5/c1-13-7-8-14(2)18(15(13)3)27-12-17(25)22-10-9-21-16(24)11-23-19(26)28-20(4,5)6/h7-8H,9-12H2,1-6H3,(H,21,24)(H,22,25)(H,23,26). The van der Waals surface area contributed by atoms with E-state index in [-0.39, 0.29) is 38.1 Å². The molecular weight excluding hydrogens is 362 g/mol. The number of rotatable bonds is 8. The number of benzene rings is 1. The van der Waals surface area contributed by atoms with Crippen molar-refractivity contribution in [1.29, 1.82) is 0 Å². The summed E-state index contributed by atoms with van der Waals surface area (Å²) in [6.07, 6.45) is -0.658. The van der Waals surface area contributed by atoms with Crippen molar-refractivity contribution in [2.24, 2.45) is 0 Å². The minimum absolute atomic E-state index is 0.0979. The number of carbonyl (C=O) groups excluding carboxylic acids is 3. The molecule has 1 rings (SSSR count). The summed E-state index contributed by atoms with van der Waals surface area (Å²) in [4.78, 5) is 35.0. The van der Waals surface area contributed by atoms with Gasteiger partial charge in [0.25, 0.3) is 5.91 Å². The van der Waals surface area contributed by atoms with Crippen molar-refractivity contribution in [2.75, 3.05) is 26.2 Å². The van der Waals surface area contributed by atoms with Gasteiger partial charge < -0.3 is 25.4 Å². The van der Waals surface area contributed by atoms with Crippen molar-refractivity contribution in [3.8, 4) is 5.75 Å². The van der Waals surface area contributed by atoms with Gasteiger partial charge in [0.05, 0.1) is 6.54 Å². The highest BCUT2D eigenvalue weighted by atomic mass is 16.6. The van der Waals surface area contributed by atoms with E-state index in [0.29, 0.717) is 0 Å². The minimum atomic E-state index is -0.658. The first kappa shape index (κ1) is 23.3. The number of hydrogen-bond donors (Lipinski definition) is 3. The van der Waals surface area contributed by atoms with Crippen molar-refractivity contribution < 1.29 is 23.9 Å². The van der Waals surface area contributed by atoms with E-state index in [0.717, 1.165) is 22.4 Å². The maximum atomic E-state index is 11.9. The van der Waals surface area contributed by atoms with Gasteiger partial charge in [-0.2, -0.15) is 0 Å². The molecule has 0 atom stereocenters. The molecule has 156 valence electrons. The number of hydrogen-bond acceptors (Lipinski definition) is 5. The molecule has 0 spiro atoms. The predicted octanol–water partition coefficient (Wildman–Crippen LogP) is 1.75. The minimum Gasteiger partial charge on any atom is -0.483 e. The Morgan fingerprint density at radius 2 is 1.46 bits per heavy atom. The summed E-state index contributed by atoms with van der Waals surface area (Å²) in [6.45, 7) is 11.3. The molecule has 0 aliphatic heterocycles. The molecule has 3 amide bonds. The molecule has 0 radical (unpaired) electrons. The summed E-state index contributed by atoms with van der Waals surface area (Å²) in [5.41, 5.74) is 2.46. The fourth-order valence-electron chi connectivity index (χ4n) is 2.27. The number of ether oxygens (including phenoxy) is 2. The van der Waals surface area contributed by atoms with Crippen molar-refractivity contribution in [3.63, 3.8) is 0 Å². The van der Waals surface area contributed by atoms with Crippen LogP contribution < -0.4 is 20.7 Å². The molecule has 0 saturated heterocycles. The second kappa shape index (κ2) is 10.5. The van der Waals surface area contributed by atoms with Crippen molar-refractivity contribution in [3.05, 3.63) is 28.8 Å². The van der Waals surface area contributed by atoms with Gasteiger partial charge in [-0.1, -0.05) is 12.1 Å². The first-order valence-corrected chi connectivity index (χ1v) is 9.19. The summed E-state index contributed by atoms with van der Waals surface area (Å²) in [7, 11) is 0. The largest absolute Gasteiger partial charge is 0.483 e. The molecule has 8 nitrogen and oxygen atoms in total. The van der Waals surface area contributed by atoms with Crippen LogP contribution in [0.25, 0.3) is 0 Å². The van der Waals surface area contributed by atoms with Gasteiger partial charge in [0, 0.05) is 13.1 Å². The zero-order valence-corrected chi connectivity index (χ0v) is 17.5. The Hall–Kier alpha value is -2.77. The van der Waals surface area contributed by atoms with Crippen LogP contribution in [0, 0.1) is 20.8 Å². The van der Waals surface area contributed by atoms with Gasteiger partial charge in [0.1, 0.15) is 11.4 Å². The van der Waals surface area contributed by atoms with Crippen LogP contribution in [-0.4, -0.2) is 49.7 Å². The Kier molecular flexibility index (Phi) is 8.76. The van der Waals surface area contributed by atoms with Gasteiger partial charge >= 0.3 is 6.09 Å². The Morgan fingerprint density at radius 3 is 2.07 bits per heavy atom. The Labute approximate surface area is 166 Å². The van der Waals surface area contributed by atoms with Crippen LogP contribution in [0.2, 0.25) is 0 Å². The molecule has 1 aromatic rings. The molecule has 0 saturated carbocycles. The number of carbonyl (C=O) groups is 3. The third-order valence-electron chi connectivity index (χ3n) is 3.78. The Morgan fingerprint density at radius 1 is 0.893 bits per heavy atom. The molecule has 1 aromatic carbocycles. The average Bonchev–Trinajstić information content (AvgIpc) is 2.59. The van der Waals surface area contributed by atoms with Gasteiger partial charge in [-0.05, 0) is 58.2 Å². The monoisotopic (exact) mass is 393 g/mol. The molecule has 0 heterocycles. The number of amides is 3. The maximum absolute atomic E-state index is 11.9. The summed E-state index contributed by atoms with van der Waals surface area (Å²) < 4.78 is 10.7. The van der Waals surface area contributed by atoms with Gasteiger partial charge in [-0.25, -0.2) is 4.79 Å². The summed E-state index contributed by atoms with van der Waals surface area (Å²) in [6, 6.07) is 3.97. The van der Waals surface area contributed by atoms with Gasteiger partial charge in [-0.15, -0.1) is 0 Å². The van der Waals surface area contributed by atoms with E-state index in [1.165, 1.54) is 0 Å². The van der Waals surface area contributed by atoms with Crippen LogP contribution >= 0.6 is 0 Å². The second-order valence-corrected chi connectivity index (χ2v) is 7.50. The first-order chi connectivity index (χ1) is 13.0. The molecular formula is C20H31N3O5. The normalized spacial score (nSPS) is 10.8. The molecule has 28 heavy (non-hydrogen) atoms. The summed E-state index contributed by atoms with van der Waals surface area (Å²) in [5, 5.41) is 7.62. The molecule has 8 heteroatoms. The second-order valence-electron chi connectivity index (χ2n) is 7.50. The zero-order chi connectivity index (χ0) is 21.3. The van der Waals surface area contributed by atoms with E-state index < -0.39 is 11.7 Å². The van der Waals surface area contributed by atoms with Crippen molar-refractivity contribution in [2.45, 2.75) is 47.1 Å². The summed E-state index contributed by atoms with van der Waals surface area (Å²) >= 11 is 0. The van der Waals surface area contributed by atoms with E-state index in [2.05, 4.69) is 16.0 Å². The lowest BCUT2D eigenvalue weighted by molar-refractivity contribution is -0.123. The van der Waals surface area contributed by atoms with Crippen LogP contribution in [0.3, 0.4) is 0 Å². The Bertz CT molecular complexity index is 711. The highest BCUT2D eigenvalue weighted by Crippen LogP contribution is 2.25. The number of alkyl carbamates (subject to hydrolysis) is 1. The highest BCUT2D eigenvalue weighted by molar-refractivity contribution is 5.82. The van der Waals surface area contributed by atoms with E-state index in [1.807, 2.05) is 32.9 Å². The van der Waals surface area contributed by atoms with Crippen LogP contribution in [0.5, 0.6) is 5.75 Å². The molecule has 0 bridgehead atoms. The third-order valence-corrected chi connectivity index (χ3v) is 3.78. The van der Waals surface area contributed by atoms with Gasteiger partial charge in [0.15, 0.2) is 6.61 Å². The van der Waals surface area contributed by atoms with E-state index in [4.69, 9.17) is 9.47 Å². The Balaban J connectivity index is 2.22. The zero-order valence-electron chi connectivity index (χ0n) is 17.5. The quantitative estimate of drug-likeness (QED) is 0.584. The maximum Gasteiger partial charge on any atom is 0.408 e. The third kappa shape index (κ3) is 8.75. The molecule has 0 fully saturated rings. The molecule has 0 unspecified atom stereocenters. The lowest BCUT2D eigenvalue weighted by Gasteiger charge is -2.19. The van der Waals surface area contributed by atoms with E-state index in [1.54, 1.807) is 20.8 Å². The molecule has 0 aliphatic carbocycles.